The lowest BCUT2D eigenvalue weighted by Gasteiger charge is -2.06. The summed E-state index contributed by atoms with van der Waals surface area (Å²) in [6.07, 6.45) is 0.186. The first-order chi connectivity index (χ1) is 9.26. The van der Waals surface area contributed by atoms with Crippen molar-refractivity contribution in [1.29, 1.82) is 0 Å². The summed E-state index contributed by atoms with van der Waals surface area (Å²) in [5, 5.41) is 0. The van der Waals surface area contributed by atoms with Crippen molar-refractivity contribution in [3.8, 4) is 17.6 Å². The molecular formula is C14H12N2O3. The second-order valence-electron chi connectivity index (χ2n) is 3.95. The van der Waals surface area contributed by atoms with Crippen LogP contribution in [-0.2, 0) is 0 Å². The molecule has 0 amide bonds. The number of nitrogen functional groups attached to an aromatic ring is 1. The Morgan fingerprint density at radius 2 is 2.00 bits per heavy atom. The van der Waals surface area contributed by atoms with Crippen LogP contribution in [0.5, 0.6) is 17.6 Å². The van der Waals surface area contributed by atoms with E-state index in [9.17, 15) is 0 Å². The van der Waals surface area contributed by atoms with Crippen LogP contribution in [0.15, 0.2) is 46.9 Å². The number of hydrogen-bond acceptors (Lipinski definition) is 5. The minimum atomic E-state index is 0.186. The molecule has 1 heterocycles. The van der Waals surface area contributed by atoms with E-state index in [-0.39, 0.29) is 6.08 Å². The van der Waals surface area contributed by atoms with Gasteiger partial charge >= 0.3 is 6.08 Å². The molecule has 0 aliphatic heterocycles. The van der Waals surface area contributed by atoms with E-state index >= 15 is 0 Å². The van der Waals surface area contributed by atoms with Crippen LogP contribution in [0.1, 0.15) is 0 Å². The van der Waals surface area contributed by atoms with Crippen molar-refractivity contribution in [2.45, 2.75) is 0 Å². The van der Waals surface area contributed by atoms with E-state index in [1.165, 1.54) is 0 Å². The summed E-state index contributed by atoms with van der Waals surface area (Å²) in [5.41, 5.74) is 7.73. The third-order valence-electron chi connectivity index (χ3n) is 2.68. The highest BCUT2D eigenvalue weighted by molar-refractivity contribution is 5.72. The number of hydrogen-bond donors (Lipinski definition) is 1. The molecule has 3 rings (SSSR count). The van der Waals surface area contributed by atoms with Gasteiger partial charge in [-0.25, -0.2) is 0 Å². The Morgan fingerprint density at radius 3 is 2.74 bits per heavy atom. The van der Waals surface area contributed by atoms with Gasteiger partial charge in [-0.15, -0.1) is 0 Å². The average molecular weight is 256 g/mol. The fraction of sp³-hybridized carbons (Fsp3) is 0.0714. The standard InChI is InChI=1S/C14H12N2O3/c1-17-12-7-6-9(8-10(12)15)18-14-16-11-4-2-3-5-13(11)19-14/h2-8H,15H2,1H3. The number of para-hydroxylation sites is 2. The molecule has 0 aliphatic rings. The van der Waals surface area contributed by atoms with Crippen molar-refractivity contribution in [2.75, 3.05) is 12.8 Å². The number of fused-ring (bicyclic) bond motifs is 1. The molecule has 2 aromatic carbocycles. The van der Waals surface area contributed by atoms with E-state index in [4.69, 9.17) is 19.6 Å². The van der Waals surface area contributed by atoms with E-state index in [1.807, 2.05) is 24.3 Å². The number of benzene rings is 2. The Bertz CT molecular complexity index is 689. The molecule has 2 N–H and O–H groups in total. The lowest BCUT2D eigenvalue weighted by molar-refractivity contribution is 0.342. The van der Waals surface area contributed by atoms with E-state index in [0.29, 0.717) is 22.8 Å². The number of rotatable bonds is 3. The van der Waals surface area contributed by atoms with Crippen molar-refractivity contribution in [1.82, 2.24) is 4.98 Å². The molecule has 96 valence electrons. The lowest BCUT2D eigenvalue weighted by atomic mass is 10.3. The quantitative estimate of drug-likeness (QED) is 0.728. The number of methoxy groups -OCH3 is 1. The highest BCUT2D eigenvalue weighted by Gasteiger charge is 2.08. The first kappa shape index (κ1) is 11.4. The minimum absolute atomic E-state index is 0.186. The Balaban J connectivity index is 1.90. The molecule has 0 radical (unpaired) electrons. The molecule has 0 saturated carbocycles. The minimum Gasteiger partial charge on any atom is -0.495 e. The zero-order valence-corrected chi connectivity index (χ0v) is 10.3. The topological polar surface area (TPSA) is 70.5 Å². The van der Waals surface area contributed by atoms with Gasteiger partial charge in [0, 0.05) is 6.07 Å². The fourth-order valence-electron chi connectivity index (χ4n) is 1.77. The van der Waals surface area contributed by atoms with Crippen LogP contribution in [-0.4, -0.2) is 12.1 Å². The molecule has 0 aliphatic carbocycles. The van der Waals surface area contributed by atoms with Gasteiger partial charge < -0.3 is 19.6 Å². The zero-order valence-electron chi connectivity index (χ0n) is 10.3. The van der Waals surface area contributed by atoms with E-state index in [1.54, 1.807) is 25.3 Å². The van der Waals surface area contributed by atoms with Crippen LogP contribution >= 0.6 is 0 Å². The van der Waals surface area contributed by atoms with Gasteiger partial charge in [0.05, 0.1) is 12.8 Å². The highest BCUT2D eigenvalue weighted by Crippen LogP contribution is 2.30. The van der Waals surface area contributed by atoms with Crippen molar-refractivity contribution in [3.05, 3.63) is 42.5 Å². The van der Waals surface area contributed by atoms with Gasteiger partial charge in [-0.05, 0) is 24.3 Å². The van der Waals surface area contributed by atoms with Crippen molar-refractivity contribution >= 4 is 16.8 Å². The number of anilines is 1. The molecule has 1 aromatic heterocycles. The number of nitrogens with two attached hydrogens (primary N) is 1. The molecule has 0 unspecified atom stereocenters. The molecular weight excluding hydrogens is 244 g/mol. The molecule has 0 bridgehead atoms. The number of oxazole rings is 1. The Morgan fingerprint density at radius 1 is 1.16 bits per heavy atom. The summed E-state index contributed by atoms with van der Waals surface area (Å²) in [6, 6.07) is 12.6. The molecule has 0 atom stereocenters. The second-order valence-corrected chi connectivity index (χ2v) is 3.95. The van der Waals surface area contributed by atoms with Crippen LogP contribution in [0.3, 0.4) is 0 Å². The highest BCUT2D eigenvalue weighted by atomic mass is 16.6. The van der Waals surface area contributed by atoms with Crippen molar-refractivity contribution < 1.29 is 13.9 Å². The van der Waals surface area contributed by atoms with E-state index < -0.39 is 0 Å². The Hall–Kier alpha value is -2.69. The molecule has 5 heteroatoms. The zero-order chi connectivity index (χ0) is 13.2. The average Bonchev–Trinajstić information content (AvgIpc) is 2.81. The third-order valence-corrected chi connectivity index (χ3v) is 2.68. The van der Waals surface area contributed by atoms with Crippen LogP contribution in [0, 0.1) is 0 Å². The number of nitrogens with zero attached hydrogens (tertiary/aromatic N) is 1. The maximum absolute atomic E-state index is 5.80. The van der Waals surface area contributed by atoms with Crippen molar-refractivity contribution in [3.63, 3.8) is 0 Å². The summed E-state index contributed by atoms with van der Waals surface area (Å²) < 4.78 is 16.1. The maximum atomic E-state index is 5.80. The summed E-state index contributed by atoms with van der Waals surface area (Å²) in [4.78, 5) is 4.22. The van der Waals surface area contributed by atoms with Gasteiger partial charge in [0.25, 0.3) is 0 Å². The summed E-state index contributed by atoms with van der Waals surface area (Å²) in [6.45, 7) is 0. The maximum Gasteiger partial charge on any atom is 0.400 e. The van der Waals surface area contributed by atoms with Crippen molar-refractivity contribution in [2.24, 2.45) is 0 Å². The smallest absolute Gasteiger partial charge is 0.400 e. The van der Waals surface area contributed by atoms with Crippen LogP contribution in [0.4, 0.5) is 5.69 Å². The second kappa shape index (κ2) is 4.53. The number of aromatic nitrogens is 1. The fourth-order valence-corrected chi connectivity index (χ4v) is 1.77. The largest absolute Gasteiger partial charge is 0.495 e. The van der Waals surface area contributed by atoms with Crippen LogP contribution in [0.2, 0.25) is 0 Å². The summed E-state index contributed by atoms with van der Waals surface area (Å²) in [5.74, 6) is 1.15. The SMILES string of the molecule is COc1ccc(Oc2nc3ccccc3o2)cc1N. The third kappa shape index (κ3) is 2.18. The summed E-state index contributed by atoms with van der Waals surface area (Å²) in [7, 11) is 1.56. The molecule has 19 heavy (non-hydrogen) atoms. The molecule has 0 saturated heterocycles. The van der Waals surface area contributed by atoms with Gasteiger partial charge in [0.15, 0.2) is 5.58 Å². The van der Waals surface area contributed by atoms with Gasteiger partial charge in [-0.1, -0.05) is 12.1 Å². The van der Waals surface area contributed by atoms with Gasteiger partial charge in [-0.3, -0.25) is 0 Å². The monoisotopic (exact) mass is 256 g/mol. The van der Waals surface area contributed by atoms with Gasteiger partial charge in [0.2, 0.25) is 0 Å². The van der Waals surface area contributed by atoms with Gasteiger partial charge in [0.1, 0.15) is 17.0 Å². The predicted octanol–water partition coefficient (Wildman–Crippen LogP) is 3.21. The lowest BCUT2D eigenvalue weighted by Crippen LogP contribution is -1.93. The van der Waals surface area contributed by atoms with Crippen LogP contribution in [0.25, 0.3) is 11.1 Å². The molecule has 0 spiro atoms. The molecule has 0 fully saturated rings. The van der Waals surface area contributed by atoms with Gasteiger partial charge in [-0.2, -0.15) is 4.98 Å². The summed E-state index contributed by atoms with van der Waals surface area (Å²) >= 11 is 0. The Kier molecular flexibility index (Phi) is 2.72. The van der Waals surface area contributed by atoms with Crippen LogP contribution < -0.4 is 15.2 Å². The molecule has 5 nitrogen and oxygen atoms in total. The predicted molar refractivity (Wildman–Crippen MR) is 71.5 cm³/mol. The Labute approximate surface area is 109 Å². The first-order valence-corrected chi connectivity index (χ1v) is 5.73. The molecule has 3 aromatic rings. The number of ether oxygens (including phenoxy) is 2. The normalized spacial score (nSPS) is 10.6. The first-order valence-electron chi connectivity index (χ1n) is 5.73. The van der Waals surface area contributed by atoms with E-state index in [0.717, 1.165) is 5.52 Å². The van der Waals surface area contributed by atoms with E-state index in [2.05, 4.69) is 4.98 Å².